The molecule has 0 unspecified atom stereocenters. The van der Waals surface area contributed by atoms with E-state index >= 15 is 0 Å². The largest absolute Gasteiger partial charge is 0.490 e. The summed E-state index contributed by atoms with van der Waals surface area (Å²) in [5.41, 5.74) is 1.81. The molecule has 0 saturated heterocycles. The number of imidazole rings is 1. The monoisotopic (exact) mass is 372 g/mol. The van der Waals surface area contributed by atoms with Crippen LogP contribution in [0.4, 0.5) is 0 Å². The smallest absolute Gasteiger partial charge is 0.166 e. The first kappa shape index (κ1) is 15.8. The number of aromatic nitrogens is 2. The van der Waals surface area contributed by atoms with Crippen molar-refractivity contribution in [2.24, 2.45) is 0 Å². The van der Waals surface area contributed by atoms with Crippen molar-refractivity contribution in [3.8, 4) is 5.75 Å². The number of thioether (sulfide) groups is 1. The molecule has 0 aliphatic rings. The summed E-state index contributed by atoms with van der Waals surface area (Å²) in [7, 11) is 0. The van der Waals surface area contributed by atoms with Crippen LogP contribution in [0.5, 0.6) is 5.75 Å². The van der Waals surface area contributed by atoms with Crippen molar-refractivity contribution in [2.45, 2.75) is 5.16 Å². The molecule has 1 heterocycles. The maximum atomic E-state index is 6.05. The molecule has 0 fully saturated rings. The minimum Gasteiger partial charge on any atom is -0.490 e. The fourth-order valence-corrected chi connectivity index (χ4v) is 3.31. The minimum atomic E-state index is 0.478. The predicted octanol–water partition coefficient (Wildman–Crippen LogP) is 5.69. The van der Waals surface area contributed by atoms with Crippen LogP contribution in [0.1, 0.15) is 0 Å². The highest BCUT2D eigenvalue weighted by Crippen LogP contribution is 2.32. The Morgan fingerprint density at radius 2 is 1.86 bits per heavy atom. The molecule has 0 atom stereocenters. The molecule has 0 saturated carbocycles. The molecule has 0 aliphatic heterocycles. The van der Waals surface area contributed by atoms with Crippen molar-refractivity contribution in [2.75, 3.05) is 12.4 Å². The Morgan fingerprint density at radius 3 is 2.64 bits per heavy atom. The van der Waals surface area contributed by atoms with E-state index in [0.29, 0.717) is 27.4 Å². The number of hydrogen-bond acceptors (Lipinski definition) is 3. The SMILES string of the molecule is Clc1ccc2nc(SCCOc3c(Cl)cccc3Cl)[nH]c2c1. The van der Waals surface area contributed by atoms with Gasteiger partial charge in [0.15, 0.2) is 10.9 Å². The average Bonchev–Trinajstić information content (AvgIpc) is 2.87. The summed E-state index contributed by atoms with van der Waals surface area (Å²) in [6.45, 7) is 0.478. The van der Waals surface area contributed by atoms with Crippen LogP contribution in [0.2, 0.25) is 15.1 Å². The van der Waals surface area contributed by atoms with Crippen molar-refractivity contribution >= 4 is 57.6 Å². The molecule has 22 heavy (non-hydrogen) atoms. The highest BCUT2D eigenvalue weighted by molar-refractivity contribution is 7.99. The molecule has 2 aromatic carbocycles. The molecule has 3 rings (SSSR count). The second-order valence-electron chi connectivity index (χ2n) is 4.45. The number of H-pyrrole nitrogens is 1. The third-order valence-electron chi connectivity index (χ3n) is 2.91. The van der Waals surface area contributed by atoms with E-state index in [9.17, 15) is 0 Å². The van der Waals surface area contributed by atoms with Crippen LogP contribution in [0.25, 0.3) is 11.0 Å². The Morgan fingerprint density at radius 1 is 1.09 bits per heavy atom. The van der Waals surface area contributed by atoms with Gasteiger partial charge in [0.25, 0.3) is 0 Å². The lowest BCUT2D eigenvalue weighted by Gasteiger charge is -2.08. The molecule has 3 nitrogen and oxygen atoms in total. The first-order chi connectivity index (χ1) is 10.6. The lowest BCUT2D eigenvalue weighted by Crippen LogP contribution is -2.01. The Hall–Kier alpha value is -1.07. The normalized spacial score (nSPS) is 11.0. The van der Waals surface area contributed by atoms with Gasteiger partial charge in [0.2, 0.25) is 0 Å². The van der Waals surface area contributed by atoms with Crippen LogP contribution in [-0.2, 0) is 0 Å². The van der Waals surface area contributed by atoms with Gasteiger partial charge in [-0.05, 0) is 30.3 Å². The summed E-state index contributed by atoms with van der Waals surface area (Å²) in [6, 6.07) is 10.8. The van der Waals surface area contributed by atoms with Gasteiger partial charge in [-0.1, -0.05) is 52.6 Å². The Labute approximate surface area is 146 Å². The Kier molecular flexibility index (Phi) is 5.03. The number of nitrogens with one attached hydrogen (secondary N) is 1. The van der Waals surface area contributed by atoms with Crippen molar-refractivity contribution in [3.05, 3.63) is 51.5 Å². The molecule has 1 N–H and O–H groups in total. The average molecular weight is 374 g/mol. The van der Waals surface area contributed by atoms with Gasteiger partial charge in [-0.3, -0.25) is 0 Å². The van der Waals surface area contributed by atoms with Crippen LogP contribution in [0, 0.1) is 0 Å². The van der Waals surface area contributed by atoms with Crippen molar-refractivity contribution < 1.29 is 4.74 Å². The van der Waals surface area contributed by atoms with E-state index in [1.54, 1.807) is 30.0 Å². The molecule has 0 aliphatic carbocycles. The van der Waals surface area contributed by atoms with E-state index in [4.69, 9.17) is 39.5 Å². The van der Waals surface area contributed by atoms with Crippen LogP contribution in [0.15, 0.2) is 41.6 Å². The van der Waals surface area contributed by atoms with Gasteiger partial charge in [-0.25, -0.2) is 4.98 Å². The molecule has 1 aromatic heterocycles. The number of ether oxygens (including phenoxy) is 1. The first-order valence-electron chi connectivity index (χ1n) is 6.48. The van der Waals surface area contributed by atoms with E-state index in [2.05, 4.69) is 9.97 Å². The quantitative estimate of drug-likeness (QED) is 0.461. The number of aromatic amines is 1. The van der Waals surface area contributed by atoms with Gasteiger partial charge in [0.1, 0.15) is 0 Å². The van der Waals surface area contributed by atoms with E-state index in [1.165, 1.54) is 0 Å². The summed E-state index contributed by atoms with van der Waals surface area (Å²) in [6.07, 6.45) is 0. The second-order valence-corrected chi connectivity index (χ2v) is 6.79. The second kappa shape index (κ2) is 7.01. The number of halogens is 3. The molecular weight excluding hydrogens is 363 g/mol. The van der Waals surface area contributed by atoms with E-state index < -0.39 is 0 Å². The minimum absolute atomic E-state index is 0.478. The summed E-state index contributed by atoms with van der Waals surface area (Å²) in [5.74, 6) is 1.23. The number of fused-ring (bicyclic) bond motifs is 1. The zero-order valence-electron chi connectivity index (χ0n) is 11.3. The first-order valence-corrected chi connectivity index (χ1v) is 8.60. The van der Waals surface area contributed by atoms with Crippen LogP contribution in [0.3, 0.4) is 0 Å². The third-order valence-corrected chi connectivity index (χ3v) is 4.58. The molecule has 0 amide bonds. The van der Waals surface area contributed by atoms with Gasteiger partial charge in [-0.15, -0.1) is 0 Å². The number of nitrogens with zero attached hydrogens (tertiary/aromatic N) is 1. The van der Waals surface area contributed by atoms with Gasteiger partial charge >= 0.3 is 0 Å². The third kappa shape index (κ3) is 3.63. The zero-order valence-corrected chi connectivity index (χ0v) is 14.4. The highest BCUT2D eigenvalue weighted by atomic mass is 35.5. The lowest BCUT2D eigenvalue weighted by molar-refractivity contribution is 0.344. The summed E-state index contributed by atoms with van der Waals surface area (Å²) in [4.78, 5) is 7.69. The topological polar surface area (TPSA) is 37.9 Å². The number of rotatable bonds is 5. The van der Waals surface area contributed by atoms with E-state index in [0.717, 1.165) is 21.9 Å². The van der Waals surface area contributed by atoms with Gasteiger partial charge in [-0.2, -0.15) is 0 Å². The van der Waals surface area contributed by atoms with E-state index in [-0.39, 0.29) is 0 Å². The molecule has 7 heteroatoms. The number of hydrogen-bond donors (Lipinski definition) is 1. The van der Waals surface area contributed by atoms with E-state index in [1.807, 2.05) is 18.2 Å². The summed E-state index contributed by atoms with van der Waals surface area (Å²) in [5, 5.41) is 2.53. The maximum Gasteiger partial charge on any atom is 0.166 e. The lowest BCUT2D eigenvalue weighted by atomic mass is 10.3. The fraction of sp³-hybridized carbons (Fsp3) is 0.133. The summed E-state index contributed by atoms with van der Waals surface area (Å²) >= 11 is 19.6. The van der Waals surface area contributed by atoms with Crippen molar-refractivity contribution in [1.29, 1.82) is 0 Å². The zero-order chi connectivity index (χ0) is 15.5. The van der Waals surface area contributed by atoms with Crippen molar-refractivity contribution in [3.63, 3.8) is 0 Å². The van der Waals surface area contributed by atoms with Gasteiger partial charge in [0, 0.05) is 10.8 Å². The van der Waals surface area contributed by atoms with Gasteiger partial charge < -0.3 is 9.72 Å². The molecule has 3 aromatic rings. The van der Waals surface area contributed by atoms with Gasteiger partial charge in [0.05, 0.1) is 27.7 Å². The standard InChI is InChI=1S/C15H11Cl3N2OS/c16-9-4-5-12-13(8-9)20-15(19-12)22-7-6-21-14-10(17)2-1-3-11(14)18/h1-5,8H,6-7H2,(H,19,20). The molecule has 0 spiro atoms. The highest BCUT2D eigenvalue weighted by Gasteiger charge is 2.07. The predicted molar refractivity (Wildman–Crippen MR) is 93.8 cm³/mol. The van der Waals surface area contributed by atoms with Crippen LogP contribution < -0.4 is 4.74 Å². The Balaban J connectivity index is 1.58. The van der Waals surface area contributed by atoms with Crippen LogP contribution >= 0.6 is 46.6 Å². The fourth-order valence-electron chi connectivity index (χ4n) is 1.93. The molecule has 0 bridgehead atoms. The number of benzene rings is 2. The van der Waals surface area contributed by atoms with Crippen LogP contribution in [-0.4, -0.2) is 22.3 Å². The maximum absolute atomic E-state index is 6.05. The number of para-hydroxylation sites is 1. The molecule has 0 radical (unpaired) electrons. The summed E-state index contributed by atoms with van der Waals surface area (Å²) < 4.78 is 5.63. The van der Waals surface area contributed by atoms with Crippen molar-refractivity contribution in [1.82, 2.24) is 9.97 Å². The molecular formula is C15H11Cl3N2OS. The Bertz CT molecular complexity index is 786. The molecule has 114 valence electrons.